The molecule has 2 amide bonds. The number of hydrogen-bond acceptors (Lipinski definition) is 4. The van der Waals surface area contributed by atoms with Crippen molar-refractivity contribution in [1.29, 1.82) is 0 Å². The fourth-order valence-corrected chi connectivity index (χ4v) is 4.71. The number of carbonyl (C=O) groups excluding carboxylic acids is 2. The van der Waals surface area contributed by atoms with E-state index in [9.17, 15) is 18.8 Å². The number of fused-ring (bicyclic) bond motifs is 1. The minimum absolute atomic E-state index is 0.0207. The van der Waals surface area contributed by atoms with Gasteiger partial charge in [0.1, 0.15) is 11.6 Å². The third-order valence-electron chi connectivity index (χ3n) is 6.70. The van der Waals surface area contributed by atoms with E-state index in [1.807, 2.05) is 18.7 Å². The minimum Gasteiger partial charge on any atom is -0.342 e. The van der Waals surface area contributed by atoms with Crippen molar-refractivity contribution in [2.45, 2.75) is 52.0 Å². The van der Waals surface area contributed by atoms with Crippen molar-refractivity contribution in [2.75, 3.05) is 19.6 Å². The largest absolute Gasteiger partial charge is 0.342 e. The van der Waals surface area contributed by atoms with Crippen LogP contribution < -0.4 is 5.56 Å². The number of hydrogen-bond donors (Lipinski definition) is 1. The van der Waals surface area contributed by atoms with Gasteiger partial charge in [-0.25, -0.2) is 9.37 Å². The normalized spacial score (nSPS) is 18.2. The number of halogens is 1. The molecule has 0 bridgehead atoms. The molecule has 3 heterocycles. The molecular formula is C24H29FN4O3. The van der Waals surface area contributed by atoms with Crippen LogP contribution in [0.1, 0.15) is 66.5 Å². The second kappa shape index (κ2) is 9.22. The standard InChI is InChI=1S/C24H29FN4O3/c1-3-15(4-2)23(31)28-11-9-16(13-28)21-26-20-14-29(12-10-18(20)22(30)27-21)24(32)17-7-5-6-8-19(17)25/h5-8,15-16H,3-4,9-14H2,1-2H3,(H,26,27,30)/t16-/m0/s1. The smallest absolute Gasteiger partial charge is 0.257 e. The number of rotatable bonds is 5. The molecular weight excluding hydrogens is 411 g/mol. The van der Waals surface area contributed by atoms with E-state index in [2.05, 4.69) is 4.98 Å². The van der Waals surface area contributed by atoms with Gasteiger partial charge in [-0.2, -0.15) is 0 Å². The Morgan fingerprint density at radius 1 is 1.19 bits per heavy atom. The SMILES string of the molecule is CCC(CC)C(=O)N1CC[C@H](c2nc3c(c(=O)[nH]2)CCN(C(=O)c2ccccc2F)C3)C1. The summed E-state index contributed by atoms with van der Waals surface area (Å²) in [4.78, 5) is 49.3. The molecule has 1 saturated heterocycles. The number of likely N-dealkylation sites (tertiary alicyclic amines) is 1. The molecule has 0 saturated carbocycles. The molecule has 0 spiro atoms. The van der Waals surface area contributed by atoms with Crippen molar-refractivity contribution in [2.24, 2.45) is 5.92 Å². The lowest BCUT2D eigenvalue weighted by molar-refractivity contribution is -0.134. The Balaban J connectivity index is 1.53. The van der Waals surface area contributed by atoms with Crippen LogP contribution in [0.3, 0.4) is 0 Å². The number of amides is 2. The van der Waals surface area contributed by atoms with Gasteiger partial charge in [0, 0.05) is 37.0 Å². The summed E-state index contributed by atoms with van der Waals surface area (Å²) in [6, 6.07) is 5.91. The van der Waals surface area contributed by atoms with E-state index in [0.717, 1.165) is 19.3 Å². The quantitative estimate of drug-likeness (QED) is 0.775. The molecule has 2 aromatic rings. The van der Waals surface area contributed by atoms with Gasteiger partial charge in [0.05, 0.1) is 17.8 Å². The number of aromatic nitrogens is 2. The molecule has 170 valence electrons. The van der Waals surface area contributed by atoms with Crippen LogP contribution in [0.25, 0.3) is 0 Å². The van der Waals surface area contributed by atoms with Gasteiger partial charge in [-0.05, 0) is 37.8 Å². The zero-order chi connectivity index (χ0) is 22.8. The Morgan fingerprint density at radius 2 is 1.94 bits per heavy atom. The first kappa shape index (κ1) is 22.2. The van der Waals surface area contributed by atoms with E-state index in [4.69, 9.17) is 4.98 Å². The van der Waals surface area contributed by atoms with E-state index in [-0.39, 0.29) is 35.4 Å². The number of H-pyrrole nitrogens is 1. The molecule has 2 aliphatic heterocycles. The molecule has 1 atom stereocenters. The zero-order valence-electron chi connectivity index (χ0n) is 18.6. The first-order chi connectivity index (χ1) is 15.4. The monoisotopic (exact) mass is 440 g/mol. The van der Waals surface area contributed by atoms with E-state index in [1.165, 1.54) is 17.0 Å². The van der Waals surface area contributed by atoms with Crippen LogP contribution in [0, 0.1) is 11.7 Å². The third kappa shape index (κ3) is 4.18. The van der Waals surface area contributed by atoms with E-state index >= 15 is 0 Å². The first-order valence-electron chi connectivity index (χ1n) is 11.4. The predicted octanol–water partition coefficient (Wildman–Crippen LogP) is 2.86. The number of nitrogens with one attached hydrogen (secondary N) is 1. The molecule has 8 heteroatoms. The average Bonchev–Trinajstić information content (AvgIpc) is 3.30. The lowest BCUT2D eigenvalue weighted by Gasteiger charge is -2.28. The highest BCUT2D eigenvalue weighted by Gasteiger charge is 2.33. The van der Waals surface area contributed by atoms with Gasteiger partial charge < -0.3 is 14.8 Å². The zero-order valence-corrected chi connectivity index (χ0v) is 18.6. The van der Waals surface area contributed by atoms with Gasteiger partial charge in [0.2, 0.25) is 5.91 Å². The van der Waals surface area contributed by atoms with Crippen LogP contribution in [0.5, 0.6) is 0 Å². The summed E-state index contributed by atoms with van der Waals surface area (Å²) in [5.74, 6) is -0.240. The highest BCUT2D eigenvalue weighted by molar-refractivity contribution is 5.94. The van der Waals surface area contributed by atoms with Crippen molar-refractivity contribution in [1.82, 2.24) is 19.8 Å². The van der Waals surface area contributed by atoms with Crippen molar-refractivity contribution in [3.8, 4) is 0 Å². The molecule has 0 aliphatic carbocycles. The molecule has 0 unspecified atom stereocenters. The Labute approximate surface area is 186 Å². The van der Waals surface area contributed by atoms with Crippen LogP contribution in [0.4, 0.5) is 4.39 Å². The molecule has 1 N–H and O–H groups in total. The van der Waals surface area contributed by atoms with Gasteiger partial charge >= 0.3 is 0 Å². The van der Waals surface area contributed by atoms with Crippen LogP contribution in [-0.4, -0.2) is 51.2 Å². The highest BCUT2D eigenvalue weighted by atomic mass is 19.1. The van der Waals surface area contributed by atoms with Crippen LogP contribution in [-0.2, 0) is 17.8 Å². The van der Waals surface area contributed by atoms with E-state index < -0.39 is 11.7 Å². The maximum Gasteiger partial charge on any atom is 0.257 e. The first-order valence-corrected chi connectivity index (χ1v) is 11.4. The summed E-state index contributed by atoms with van der Waals surface area (Å²) in [6.45, 7) is 5.74. The van der Waals surface area contributed by atoms with Crippen LogP contribution in [0.15, 0.2) is 29.1 Å². The Kier molecular flexibility index (Phi) is 6.39. The minimum atomic E-state index is -0.559. The average molecular weight is 441 g/mol. The molecule has 0 radical (unpaired) electrons. The van der Waals surface area contributed by atoms with Crippen molar-refractivity contribution >= 4 is 11.8 Å². The molecule has 7 nitrogen and oxygen atoms in total. The molecule has 2 aliphatic rings. The molecule has 1 fully saturated rings. The third-order valence-corrected chi connectivity index (χ3v) is 6.70. The van der Waals surface area contributed by atoms with Gasteiger partial charge in [-0.1, -0.05) is 26.0 Å². The fourth-order valence-electron chi connectivity index (χ4n) is 4.71. The lowest BCUT2D eigenvalue weighted by atomic mass is 10.0. The van der Waals surface area contributed by atoms with Crippen molar-refractivity contribution < 1.29 is 14.0 Å². The summed E-state index contributed by atoms with van der Waals surface area (Å²) < 4.78 is 14.1. The summed E-state index contributed by atoms with van der Waals surface area (Å²) in [5, 5.41) is 0. The second-order valence-electron chi connectivity index (χ2n) is 8.62. The van der Waals surface area contributed by atoms with Crippen molar-refractivity contribution in [3.63, 3.8) is 0 Å². The number of nitrogens with zero attached hydrogens (tertiary/aromatic N) is 3. The molecule has 1 aromatic carbocycles. The van der Waals surface area contributed by atoms with Gasteiger partial charge in [0.15, 0.2) is 0 Å². The van der Waals surface area contributed by atoms with Gasteiger partial charge in [-0.3, -0.25) is 14.4 Å². The van der Waals surface area contributed by atoms with Crippen LogP contribution >= 0.6 is 0 Å². The second-order valence-corrected chi connectivity index (χ2v) is 8.62. The Morgan fingerprint density at radius 3 is 2.66 bits per heavy atom. The fraction of sp³-hybridized carbons (Fsp3) is 0.500. The number of aromatic amines is 1. The lowest BCUT2D eigenvalue weighted by Crippen LogP contribution is -2.40. The summed E-state index contributed by atoms with van der Waals surface area (Å²) in [7, 11) is 0. The molecule has 32 heavy (non-hydrogen) atoms. The van der Waals surface area contributed by atoms with Gasteiger partial charge in [0.25, 0.3) is 11.5 Å². The van der Waals surface area contributed by atoms with Gasteiger partial charge in [-0.15, -0.1) is 0 Å². The maximum atomic E-state index is 14.1. The van der Waals surface area contributed by atoms with E-state index in [0.29, 0.717) is 43.1 Å². The highest BCUT2D eigenvalue weighted by Crippen LogP contribution is 2.28. The van der Waals surface area contributed by atoms with E-state index in [1.54, 1.807) is 12.1 Å². The molecule has 4 rings (SSSR count). The molecule has 1 aromatic heterocycles. The van der Waals surface area contributed by atoms with Crippen molar-refractivity contribution in [3.05, 3.63) is 63.1 Å². The summed E-state index contributed by atoms with van der Waals surface area (Å²) in [6.07, 6.45) is 2.75. The number of benzene rings is 1. The topological polar surface area (TPSA) is 86.4 Å². The maximum absolute atomic E-state index is 14.1. The van der Waals surface area contributed by atoms with Crippen LogP contribution in [0.2, 0.25) is 0 Å². The summed E-state index contributed by atoms with van der Waals surface area (Å²) in [5.41, 5.74) is 0.971. The summed E-state index contributed by atoms with van der Waals surface area (Å²) >= 11 is 0. The predicted molar refractivity (Wildman–Crippen MR) is 118 cm³/mol. The Bertz CT molecular complexity index is 1080. The Hall–Kier alpha value is -3.03. The number of carbonyl (C=O) groups is 2.